The van der Waals surface area contributed by atoms with E-state index < -0.39 is 17.3 Å². The summed E-state index contributed by atoms with van der Waals surface area (Å²) in [5.41, 5.74) is 1.23. The fourth-order valence-electron chi connectivity index (χ4n) is 1.80. The van der Waals surface area contributed by atoms with Gasteiger partial charge in [0, 0.05) is 21.4 Å². The summed E-state index contributed by atoms with van der Waals surface area (Å²) in [5, 5.41) is 0. The quantitative estimate of drug-likeness (QED) is 0.651. The van der Waals surface area contributed by atoms with Crippen LogP contribution in [0.1, 0.15) is 5.56 Å². The monoisotopic (exact) mass is 242 g/mol. The maximum atomic E-state index is 11.7. The second-order valence-electron chi connectivity index (χ2n) is 3.73. The number of hydrogen-bond acceptors (Lipinski definition) is 4. The van der Waals surface area contributed by atoms with Gasteiger partial charge in [0.05, 0.1) is 0 Å². The van der Waals surface area contributed by atoms with Crippen molar-refractivity contribution in [3.8, 4) is 0 Å². The Labute approximate surface area is 101 Å². The summed E-state index contributed by atoms with van der Waals surface area (Å²) in [5.74, 6) is -2.37. The highest BCUT2D eigenvalue weighted by Gasteiger charge is 2.34. The molecule has 0 unspecified atom stereocenters. The summed E-state index contributed by atoms with van der Waals surface area (Å²) in [6.07, 6.45) is 2.92. The number of ketones is 3. The number of rotatable bonds is 0. The molecule has 0 saturated carbocycles. The third-order valence-electron chi connectivity index (χ3n) is 2.64. The van der Waals surface area contributed by atoms with E-state index in [2.05, 4.69) is 0 Å². The Bertz CT molecular complexity index is 638. The van der Waals surface area contributed by atoms with Crippen molar-refractivity contribution in [1.29, 1.82) is 0 Å². The molecule has 2 aliphatic rings. The van der Waals surface area contributed by atoms with Crippen LogP contribution in [0.15, 0.2) is 45.7 Å². The average Bonchev–Trinajstić information content (AvgIpc) is 2.34. The number of carbonyl (C=O) groups excluding carboxylic acids is 3. The lowest BCUT2D eigenvalue weighted by Gasteiger charge is -2.19. The van der Waals surface area contributed by atoms with E-state index in [0.29, 0.717) is 10.5 Å². The molecule has 1 aromatic carbocycles. The van der Waals surface area contributed by atoms with E-state index in [0.717, 1.165) is 10.5 Å². The molecule has 0 radical (unpaired) electrons. The molecule has 0 atom stereocenters. The van der Waals surface area contributed by atoms with Crippen molar-refractivity contribution < 1.29 is 14.4 Å². The molecule has 82 valence electrons. The largest absolute Gasteiger partial charge is 0.285 e. The number of benzene rings is 1. The van der Waals surface area contributed by atoms with E-state index in [9.17, 15) is 14.4 Å². The van der Waals surface area contributed by atoms with E-state index in [-0.39, 0.29) is 0 Å². The zero-order valence-electron chi connectivity index (χ0n) is 8.60. The van der Waals surface area contributed by atoms with Gasteiger partial charge < -0.3 is 0 Å². The van der Waals surface area contributed by atoms with E-state index in [1.54, 1.807) is 6.08 Å². The summed E-state index contributed by atoms with van der Waals surface area (Å²) in [6.45, 7) is 0. The van der Waals surface area contributed by atoms with Crippen LogP contribution in [0.5, 0.6) is 0 Å². The fourth-order valence-corrected chi connectivity index (χ4v) is 2.85. The molecule has 0 aromatic heterocycles. The highest BCUT2D eigenvalue weighted by atomic mass is 32.2. The smallest absolute Gasteiger partial charge is 0.273 e. The molecule has 1 aliphatic carbocycles. The molecule has 0 bridgehead atoms. The molecule has 4 heteroatoms. The Morgan fingerprint density at radius 3 is 2.47 bits per heavy atom. The molecule has 0 N–H and O–H groups in total. The van der Waals surface area contributed by atoms with Crippen LogP contribution < -0.4 is 0 Å². The number of Topliss-reactive ketones (excluding diaryl/α,β-unsaturated/α-hetero) is 2. The van der Waals surface area contributed by atoms with E-state index in [1.807, 2.05) is 24.3 Å². The predicted octanol–water partition coefficient (Wildman–Crippen LogP) is 1.78. The number of carbonyl (C=O) groups is 3. The lowest BCUT2D eigenvalue weighted by molar-refractivity contribution is -0.141. The first kappa shape index (κ1) is 10.2. The van der Waals surface area contributed by atoms with Gasteiger partial charge in [0.25, 0.3) is 5.78 Å². The molecular weight excluding hydrogens is 236 g/mol. The molecule has 0 saturated heterocycles. The Morgan fingerprint density at radius 2 is 1.65 bits per heavy atom. The zero-order valence-corrected chi connectivity index (χ0v) is 9.41. The van der Waals surface area contributed by atoms with Crippen molar-refractivity contribution in [2.45, 2.75) is 4.90 Å². The minimum absolute atomic E-state index is 0.332. The molecule has 1 heterocycles. The van der Waals surface area contributed by atoms with Crippen LogP contribution >= 0.6 is 11.8 Å². The highest BCUT2D eigenvalue weighted by Crippen LogP contribution is 2.41. The third-order valence-corrected chi connectivity index (χ3v) is 3.79. The summed E-state index contributed by atoms with van der Waals surface area (Å²) in [7, 11) is 0. The number of thioether (sulfide) groups is 1. The van der Waals surface area contributed by atoms with Gasteiger partial charge in [-0.3, -0.25) is 14.4 Å². The minimum atomic E-state index is -0.944. The van der Waals surface area contributed by atoms with Crippen molar-refractivity contribution in [3.05, 3.63) is 46.4 Å². The molecular formula is C13H6O3S. The van der Waals surface area contributed by atoms with Gasteiger partial charge in [0.2, 0.25) is 11.6 Å². The summed E-state index contributed by atoms with van der Waals surface area (Å²) in [4.78, 5) is 35.8. The van der Waals surface area contributed by atoms with Gasteiger partial charge in [-0.1, -0.05) is 30.0 Å². The Hall–Kier alpha value is -1.94. The molecule has 1 aromatic rings. The molecule has 0 spiro atoms. The van der Waals surface area contributed by atoms with Gasteiger partial charge in [-0.25, -0.2) is 0 Å². The average molecular weight is 242 g/mol. The topological polar surface area (TPSA) is 51.2 Å². The van der Waals surface area contributed by atoms with E-state index in [4.69, 9.17) is 0 Å². The van der Waals surface area contributed by atoms with Crippen LogP contribution in [-0.2, 0) is 14.4 Å². The van der Waals surface area contributed by atoms with E-state index in [1.165, 1.54) is 17.8 Å². The second kappa shape index (κ2) is 3.53. The SMILES string of the molecule is O=C1C=C2Sc3ccccc3C=C2C(=O)C1=O. The van der Waals surface area contributed by atoms with Crippen molar-refractivity contribution in [1.82, 2.24) is 0 Å². The summed E-state index contributed by atoms with van der Waals surface area (Å²) in [6, 6.07) is 7.55. The van der Waals surface area contributed by atoms with Crippen LogP contribution in [0.4, 0.5) is 0 Å². The van der Waals surface area contributed by atoms with Gasteiger partial charge in [-0.15, -0.1) is 0 Å². The lowest BCUT2D eigenvalue weighted by Crippen LogP contribution is -2.29. The standard InChI is InChI=1S/C13H6O3S/c14-9-6-11-8(12(15)13(9)16)5-7-3-1-2-4-10(7)17-11/h1-6H. The van der Waals surface area contributed by atoms with Gasteiger partial charge in [-0.2, -0.15) is 0 Å². The van der Waals surface area contributed by atoms with Gasteiger partial charge in [0.15, 0.2) is 0 Å². The number of allylic oxidation sites excluding steroid dienone is 2. The number of fused-ring (bicyclic) bond motifs is 2. The number of hydrogen-bond donors (Lipinski definition) is 0. The van der Waals surface area contributed by atoms with Crippen LogP contribution in [0.2, 0.25) is 0 Å². The second-order valence-corrected chi connectivity index (χ2v) is 4.81. The van der Waals surface area contributed by atoms with Crippen molar-refractivity contribution in [2.75, 3.05) is 0 Å². The first-order valence-electron chi connectivity index (χ1n) is 5.00. The highest BCUT2D eigenvalue weighted by molar-refractivity contribution is 8.03. The molecule has 0 fully saturated rings. The Kier molecular flexibility index (Phi) is 2.12. The molecule has 0 amide bonds. The van der Waals surface area contributed by atoms with Crippen molar-refractivity contribution in [3.63, 3.8) is 0 Å². The first-order chi connectivity index (χ1) is 8.16. The molecule has 3 rings (SSSR count). The maximum absolute atomic E-state index is 11.7. The summed E-state index contributed by atoms with van der Waals surface area (Å²) < 4.78 is 0. The van der Waals surface area contributed by atoms with Crippen LogP contribution in [0, 0.1) is 0 Å². The fraction of sp³-hybridized carbons (Fsp3) is 0. The van der Waals surface area contributed by atoms with Crippen molar-refractivity contribution in [2.24, 2.45) is 0 Å². The molecule has 3 nitrogen and oxygen atoms in total. The molecule has 17 heavy (non-hydrogen) atoms. The van der Waals surface area contributed by atoms with Crippen LogP contribution in [0.25, 0.3) is 6.08 Å². The third kappa shape index (κ3) is 1.49. The Balaban J connectivity index is 2.22. The summed E-state index contributed by atoms with van der Waals surface area (Å²) >= 11 is 1.35. The van der Waals surface area contributed by atoms with Gasteiger partial charge >= 0.3 is 0 Å². The zero-order chi connectivity index (χ0) is 12.0. The Morgan fingerprint density at radius 1 is 0.882 bits per heavy atom. The normalized spacial score (nSPS) is 18.2. The predicted molar refractivity (Wildman–Crippen MR) is 63.4 cm³/mol. The van der Waals surface area contributed by atoms with E-state index >= 15 is 0 Å². The lowest BCUT2D eigenvalue weighted by atomic mass is 9.95. The van der Waals surface area contributed by atoms with Crippen LogP contribution in [-0.4, -0.2) is 17.3 Å². The first-order valence-corrected chi connectivity index (χ1v) is 5.82. The van der Waals surface area contributed by atoms with Gasteiger partial charge in [-0.05, 0) is 17.7 Å². The molecule has 1 aliphatic heterocycles. The van der Waals surface area contributed by atoms with Gasteiger partial charge in [0.1, 0.15) is 0 Å². The van der Waals surface area contributed by atoms with Crippen molar-refractivity contribution >= 4 is 35.2 Å². The maximum Gasteiger partial charge on any atom is 0.273 e. The minimum Gasteiger partial charge on any atom is -0.285 e. The van der Waals surface area contributed by atoms with Crippen LogP contribution in [0.3, 0.4) is 0 Å².